The molecule has 2 fully saturated rings. The molecule has 4 rings (SSSR count). The fourth-order valence-corrected chi connectivity index (χ4v) is 5.25. The summed E-state index contributed by atoms with van der Waals surface area (Å²) in [7, 11) is 0. The van der Waals surface area contributed by atoms with E-state index in [4.69, 9.17) is 0 Å². The van der Waals surface area contributed by atoms with Gasteiger partial charge in [-0.1, -0.05) is 36.4 Å². The number of amides is 3. The van der Waals surface area contributed by atoms with Crippen LogP contribution < -0.4 is 5.32 Å². The van der Waals surface area contributed by atoms with Gasteiger partial charge in [-0.2, -0.15) is 0 Å². The lowest BCUT2D eigenvalue weighted by atomic mass is 9.93. The van der Waals surface area contributed by atoms with Crippen LogP contribution in [0.1, 0.15) is 47.3 Å². The maximum atomic E-state index is 13.4. The van der Waals surface area contributed by atoms with Crippen LogP contribution in [-0.4, -0.2) is 59.7 Å². The highest BCUT2D eigenvalue weighted by Gasteiger charge is 2.33. The van der Waals surface area contributed by atoms with Crippen molar-refractivity contribution in [1.82, 2.24) is 15.1 Å². The van der Waals surface area contributed by atoms with Gasteiger partial charge in [0, 0.05) is 38.5 Å². The molecule has 32 heavy (non-hydrogen) atoms. The Morgan fingerprint density at radius 3 is 2.28 bits per heavy atom. The number of hydrogen-bond donors (Lipinski definition) is 1. The van der Waals surface area contributed by atoms with Crippen molar-refractivity contribution in [2.45, 2.75) is 44.6 Å². The molecule has 0 saturated carbocycles. The first-order chi connectivity index (χ1) is 15.6. The fourth-order valence-electron chi connectivity index (χ4n) is 4.63. The van der Waals surface area contributed by atoms with Crippen LogP contribution in [0.4, 0.5) is 0 Å². The van der Waals surface area contributed by atoms with Crippen LogP contribution in [0.5, 0.6) is 0 Å². The highest BCUT2D eigenvalue weighted by molar-refractivity contribution is 7.12. The zero-order chi connectivity index (χ0) is 22.3. The standard InChI is InChI=1S/C25H31N3O3S/c29-23(22-10-7-17-32-22)26-21(18-19-8-3-1-4-9-19)25(31)28-15-11-20(12-16-28)24(30)27-13-5-2-6-14-27/h1,3-4,7-10,17,20-21H,2,5-6,11-16,18H2,(H,26,29). The van der Waals surface area contributed by atoms with Gasteiger partial charge < -0.3 is 15.1 Å². The molecule has 0 aliphatic carbocycles. The monoisotopic (exact) mass is 453 g/mol. The molecule has 2 aliphatic rings. The van der Waals surface area contributed by atoms with Crippen LogP contribution in [0.15, 0.2) is 47.8 Å². The van der Waals surface area contributed by atoms with Crippen LogP contribution in [0.25, 0.3) is 0 Å². The van der Waals surface area contributed by atoms with Crippen LogP contribution in [-0.2, 0) is 16.0 Å². The molecule has 7 heteroatoms. The first kappa shape index (κ1) is 22.5. The quantitative estimate of drug-likeness (QED) is 0.729. The largest absolute Gasteiger partial charge is 0.342 e. The zero-order valence-electron chi connectivity index (χ0n) is 18.4. The van der Waals surface area contributed by atoms with Gasteiger partial charge in [0.2, 0.25) is 11.8 Å². The van der Waals surface area contributed by atoms with E-state index in [2.05, 4.69) is 5.32 Å². The normalized spacial score (nSPS) is 18.2. The van der Waals surface area contributed by atoms with E-state index in [-0.39, 0.29) is 23.6 Å². The molecule has 1 atom stereocenters. The second kappa shape index (κ2) is 10.8. The summed E-state index contributed by atoms with van der Waals surface area (Å²) in [5.41, 5.74) is 1.01. The van der Waals surface area contributed by atoms with E-state index >= 15 is 0 Å². The molecule has 170 valence electrons. The van der Waals surface area contributed by atoms with Crippen LogP contribution >= 0.6 is 11.3 Å². The summed E-state index contributed by atoms with van der Waals surface area (Å²) in [4.78, 5) is 43.4. The Hall–Kier alpha value is -2.67. The number of benzene rings is 1. The molecular formula is C25H31N3O3S. The van der Waals surface area contributed by atoms with Gasteiger partial charge in [-0.25, -0.2) is 0 Å². The molecule has 1 aromatic carbocycles. The van der Waals surface area contributed by atoms with E-state index in [0.29, 0.717) is 37.2 Å². The number of nitrogens with one attached hydrogen (secondary N) is 1. The molecule has 6 nitrogen and oxygen atoms in total. The minimum atomic E-state index is -0.624. The van der Waals surface area contributed by atoms with E-state index in [9.17, 15) is 14.4 Å². The molecule has 0 spiro atoms. The van der Waals surface area contributed by atoms with Crippen LogP contribution in [0.2, 0.25) is 0 Å². The molecule has 2 aromatic rings. The number of likely N-dealkylation sites (tertiary alicyclic amines) is 2. The molecule has 0 bridgehead atoms. The lowest BCUT2D eigenvalue weighted by Crippen LogP contribution is -2.52. The Labute approximate surface area is 193 Å². The minimum Gasteiger partial charge on any atom is -0.342 e. The molecule has 3 amide bonds. The Morgan fingerprint density at radius 2 is 1.62 bits per heavy atom. The second-order valence-corrected chi connectivity index (χ2v) is 9.63. The first-order valence-electron chi connectivity index (χ1n) is 11.6. The summed E-state index contributed by atoms with van der Waals surface area (Å²) in [6.45, 7) is 2.85. The fraction of sp³-hybridized carbons (Fsp3) is 0.480. The highest BCUT2D eigenvalue weighted by atomic mass is 32.1. The summed E-state index contributed by atoms with van der Waals surface area (Å²) in [6.07, 6.45) is 5.22. The Bertz CT molecular complexity index is 902. The van der Waals surface area contributed by atoms with Crippen LogP contribution in [0.3, 0.4) is 0 Å². The average Bonchev–Trinajstić information content (AvgIpc) is 3.39. The van der Waals surface area contributed by atoms with Gasteiger partial charge in [0.1, 0.15) is 6.04 Å². The Balaban J connectivity index is 1.39. The lowest BCUT2D eigenvalue weighted by Gasteiger charge is -2.36. The molecule has 1 N–H and O–H groups in total. The average molecular weight is 454 g/mol. The van der Waals surface area contributed by atoms with E-state index in [1.165, 1.54) is 17.8 Å². The van der Waals surface area contributed by atoms with Crippen molar-refractivity contribution >= 4 is 29.1 Å². The number of carbonyl (C=O) groups excluding carboxylic acids is 3. The van der Waals surface area contributed by atoms with E-state index in [0.717, 1.165) is 31.5 Å². The number of hydrogen-bond acceptors (Lipinski definition) is 4. The lowest BCUT2D eigenvalue weighted by molar-refractivity contribution is -0.142. The Morgan fingerprint density at radius 1 is 0.906 bits per heavy atom. The van der Waals surface area contributed by atoms with Gasteiger partial charge in [0.05, 0.1) is 4.88 Å². The van der Waals surface area contributed by atoms with E-state index < -0.39 is 6.04 Å². The molecule has 0 radical (unpaired) electrons. The second-order valence-electron chi connectivity index (χ2n) is 8.68. The number of carbonyl (C=O) groups is 3. The number of nitrogens with zero attached hydrogens (tertiary/aromatic N) is 2. The maximum absolute atomic E-state index is 13.4. The Kier molecular flexibility index (Phi) is 7.58. The van der Waals surface area contributed by atoms with Gasteiger partial charge in [0.25, 0.3) is 5.91 Å². The first-order valence-corrected chi connectivity index (χ1v) is 12.5. The predicted molar refractivity (Wildman–Crippen MR) is 125 cm³/mol. The topological polar surface area (TPSA) is 69.7 Å². The van der Waals surface area contributed by atoms with Gasteiger partial charge in [-0.3, -0.25) is 14.4 Å². The molecular weight excluding hydrogens is 422 g/mol. The molecule has 2 saturated heterocycles. The number of thiophene rings is 1. The summed E-state index contributed by atoms with van der Waals surface area (Å²) >= 11 is 1.36. The SMILES string of the molecule is O=C(NC(Cc1ccccc1)C(=O)N1CCC(C(=O)N2CCCCC2)CC1)c1cccs1. The van der Waals surface area contributed by atoms with E-state index in [1.807, 2.05) is 51.6 Å². The summed E-state index contributed by atoms with van der Waals surface area (Å²) < 4.78 is 0. The highest BCUT2D eigenvalue weighted by Crippen LogP contribution is 2.23. The summed E-state index contributed by atoms with van der Waals surface area (Å²) in [5, 5.41) is 4.81. The third kappa shape index (κ3) is 5.57. The third-order valence-corrected chi connectivity index (χ3v) is 7.32. The van der Waals surface area contributed by atoms with Gasteiger partial charge >= 0.3 is 0 Å². The molecule has 1 unspecified atom stereocenters. The molecule has 3 heterocycles. The smallest absolute Gasteiger partial charge is 0.262 e. The molecule has 2 aliphatic heterocycles. The third-order valence-electron chi connectivity index (χ3n) is 6.45. The van der Waals surface area contributed by atoms with Crippen molar-refractivity contribution < 1.29 is 14.4 Å². The van der Waals surface area contributed by atoms with Gasteiger partial charge in [-0.05, 0) is 49.1 Å². The van der Waals surface area contributed by atoms with Crippen molar-refractivity contribution in [2.75, 3.05) is 26.2 Å². The van der Waals surface area contributed by atoms with Crippen LogP contribution in [0, 0.1) is 5.92 Å². The van der Waals surface area contributed by atoms with Gasteiger partial charge in [0.15, 0.2) is 0 Å². The molecule has 1 aromatic heterocycles. The van der Waals surface area contributed by atoms with E-state index in [1.54, 1.807) is 6.07 Å². The predicted octanol–water partition coefficient (Wildman–Crippen LogP) is 3.34. The summed E-state index contributed by atoms with van der Waals surface area (Å²) in [6, 6.07) is 12.7. The maximum Gasteiger partial charge on any atom is 0.262 e. The summed E-state index contributed by atoms with van der Waals surface area (Å²) in [5.74, 6) is -0.0267. The number of rotatable bonds is 6. The zero-order valence-corrected chi connectivity index (χ0v) is 19.2. The van der Waals surface area contributed by atoms with Crippen molar-refractivity contribution in [1.29, 1.82) is 0 Å². The van der Waals surface area contributed by atoms with Crippen molar-refractivity contribution in [3.05, 3.63) is 58.3 Å². The van der Waals surface area contributed by atoms with Crippen molar-refractivity contribution in [3.63, 3.8) is 0 Å². The van der Waals surface area contributed by atoms with Gasteiger partial charge in [-0.15, -0.1) is 11.3 Å². The minimum absolute atomic E-state index is 0.00503. The number of piperidine rings is 2. The van der Waals surface area contributed by atoms with Crippen molar-refractivity contribution in [3.8, 4) is 0 Å². The van der Waals surface area contributed by atoms with Crippen molar-refractivity contribution in [2.24, 2.45) is 5.92 Å².